The van der Waals surface area contributed by atoms with Crippen LogP contribution in [0.4, 0.5) is 0 Å². The van der Waals surface area contributed by atoms with Crippen LogP contribution in [0.25, 0.3) is 0 Å². The molecule has 0 aliphatic carbocycles. The maximum Gasteiger partial charge on any atom is 0.192 e. The van der Waals surface area contributed by atoms with Crippen LogP contribution in [0.15, 0.2) is 12.2 Å². The van der Waals surface area contributed by atoms with Crippen molar-refractivity contribution in [3.05, 3.63) is 12.2 Å². The smallest absolute Gasteiger partial charge is 0.192 e. The molecule has 2 nitrogen and oxygen atoms in total. The van der Waals surface area contributed by atoms with E-state index in [2.05, 4.69) is 51.3 Å². The first-order valence-corrected chi connectivity index (χ1v) is 8.28. The van der Waals surface area contributed by atoms with E-state index in [1.165, 1.54) is 0 Å². The van der Waals surface area contributed by atoms with Gasteiger partial charge in [0, 0.05) is 12.6 Å². The lowest BCUT2D eigenvalue weighted by Crippen LogP contribution is -2.43. The summed E-state index contributed by atoms with van der Waals surface area (Å²) in [6.45, 7) is 13.2. The molecule has 1 heterocycles. The Labute approximate surface area is 88.9 Å². The molecule has 0 saturated carbocycles. The second-order valence-electron chi connectivity index (χ2n) is 5.51. The van der Waals surface area contributed by atoms with Crippen LogP contribution < -0.4 is 5.32 Å². The van der Waals surface area contributed by atoms with Crippen LogP contribution in [-0.2, 0) is 4.43 Å². The second kappa shape index (κ2) is 4.17. The van der Waals surface area contributed by atoms with Crippen molar-refractivity contribution in [3.8, 4) is 0 Å². The molecule has 1 unspecified atom stereocenters. The van der Waals surface area contributed by atoms with Crippen LogP contribution >= 0.6 is 0 Å². The lowest BCUT2D eigenvalue weighted by molar-refractivity contribution is 0.268. The molecule has 14 heavy (non-hydrogen) atoms. The molecule has 1 N–H and O–H groups in total. The molecule has 0 aromatic heterocycles. The first-order chi connectivity index (χ1) is 6.33. The maximum absolute atomic E-state index is 6.10. The van der Waals surface area contributed by atoms with Gasteiger partial charge in [-0.3, -0.25) is 0 Å². The van der Waals surface area contributed by atoms with Gasteiger partial charge >= 0.3 is 0 Å². The van der Waals surface area contributed by atoms with Crippen molar-refractivity contribution in [2.45, 2.75) is 44.9 Å². The summed E-state index contributed by atoms with van der Waals surface area (Å²) in [4.78, 5) is 0. The average Bonchev–Trinajstić information content (AvgIpc) is 2.50. The number of hydrogen-bond acceptors (Lipinski definition) is 2. The van der Waals surface area contributed by atoms with Crippen molar-refractivity contribution in [1.29, 1.82) is 0 Å². The third-order valence-corrected chi connectivity index (χ3v) is 7.80. The molecule has 1 atom stereocenters. The van der Waals surface area contributed by atoms with E-state index in [1.807, 2.05) is 0 Å². The lowest BCUT2D eigenvalue weighted by atomic mass is 10.2. The van der Waals surface area contributed by atoms with E-state index in [4.69, 9.17) is 4.43 Å². The first-order valence-electron chi connectivity index (χ1n) is 5.37. The van der Waals surface area contributed by atoms with Crippen molar-refractivity contribution in [3.63, 3.8) is 0 Å². The third-order valence-electron chi connectivity index (χ3n) is 3.30. The summed E-state index contributed by atoms with van der Waals surface area (Å²) >= 11 is 0. The van der Waals surface area contributed by atoms with E-state index in [0.29, 0.717) is 11.1 Å². The Balaban J connectivity index is 2.39. The van der Waals surface area contributed by atoms with Crippen LogP contribution in [0.5, 0.6) is 0 Å². The van der Waals surface area contributed by atoms with Gasteiger partial charge in [0.25, 0.3) is 0 Å². The summed E-state index contributed by atoms with van der Waals surface area (Å²) in [5.41, 5.74) is 0. The zero-order valence-electron chi connectivity index (χ0n) is 10.1. The van der Waals surface area contributed by atoms with Crippen molar-refractivity contribution in [1.82, 2.24) is 5.32 Å². The molecule has 0 bridgehead atoms. The van der Waals surface area contributed by atoms with Gasteiger partial charge in [0.2, 0.25) is 0 Å². The normalized spacial score (nSPS) is 23.1. The van der Waals surface area contributed by atoms with Crippen LogP contribution in [0.1, 0.15) is 20.8 Å². The Morgan fingerprint density at radius 1 is 1.43 bits per heavy atom. The highest BCUT2D eigenvalue weighted by Gasteiger charge is 2.37. The largest absolute Gasteiger partial charge is 0.415 e. The minimum Gasteiger partial charge on any atom is -0.415 e. The molecular weight excluding hydrogens is 190 g/mol. The first kappa shape index (κ1) is 11.9. The van der Waals surface area contributed by atoms with Gasteiger partial charge in [-0.25, -0.2) is 0 Å². The molecule has 1 rings (SSSR count). The highest BCUT2D eigenvalue weighted by molar-refractivity contribution is 6.74. The summed E-state index contributed by atoms with van der Waals surface area (Å²) in [5, 5.41) is 3.68. The van der Waals surface area contributed by atoms with Gasteiger partial charge < -0.3 is 9.74 Å². The van der Waals surface area contributed by atoms with Crippen LogP contribution in [-0.4, -0.2) is 27.5 Å². The highest BCUT2D eigenvalue weighted by Crippen LogP contribution is 2.36. The van der Waals surface area contributed by atoms with Crippen molar-refractivity contribution in [2.24, 2.45) is 0 Å². The Kier molecular flexibility index (Phi) is 3.56. The van der Waals surface area contributed by atoms with E-state index in [9.17, 15) is 0 Å². The molecule has 3 heteroatoms. The Hall–Kier alpha value is -0.123. The minimum absolute atomic E-state index is 0.315. The maximum atomic E-state index is 6.10. The van der Waals surface area contributed by atoms with Gasteiger partial charge in [0.05, 0.1) is 6.61 Å². The molecule has 0 fully saturated rings. The molecule has 82 valence electrons. The van der Waals surface area contributed by atoms with Crippen LogP contribution in [0.2, 0.25) is 18.1 Å². The SMILES string of the molecule is CC(C)(C)[Si](C)(C)OCC1C=CCN1. The summed E-state index contributed by atoms with van der Waals surface area (Å²) in [5.74, 6) is 0. The predicted octanol–water partition coefficient (Wildman–Crippen LogP) is 2.54. The van der Waals surface area contributed by atoms with Gasteiger partial charge in [-0.05, 0) is 18.1 Å². The Morgan fingerprint density at radius 2 is 2.07 bits per heavy atom. The topological polar surface area (TPSA) is 21.3 Å². The summed E-state index contributed by atoms with van der Waals surface area (Å²) in [6.07, 6.45) is 4.37. The monoisotopic (exact) mass is 213 g/mol. The van der Waals surface area contributed by atoms with Crippen molar-refractivity contribution < 1.29 is 4.43 Å². The predicted molar refractivity (Wildman–Crippen MR) is 64.1 cm³/mol. The van der Waals surface area contributed by atoms with E-state index in [0.717, 1.165) is 13.2 Å². The fourth-order valence-corrected chi connectivity index (χ4v) is 2.18. The van der Waals surface area contributed by atoms with Crippen LogP contribution in [0, 0.1) is 0 Å². The fourth-order valence-electron chi connectivity index (χ4n) is 1.15. The van der Waals surface area contributed by atoms with Gasteiger partial charge in [0.1, 0.15) is 0 Å². The lowest BCUT2D eigenvalue weighted by Gasteiger charge is -2.36. The summed E-state index contributed by atoms with van der Waals surface area (Å²) in [7, 11) is -1.55. The van der Waals surface area contributed by atoms with E-state index >= 15 is 0 Å². The fraction of sp³-hybridized carbons (Fsp3) is 0.818. The van der Waals surface area contributed by atoms with Gasteiger partial charge in [0.15, 0.2) is 8.32 Å². The average molecular weight is 213 g/mol. The number of rotatable bonds is 3. The molecule has 0 amide bonds. The Bertz CT molecular complexity index is 218. The van der Waals surface area contributed by atoms with Gasteiger partial charge in [-0.1, -0.05) is 32.9 Å². The third kappa shape index (κ3) is 2.94. The van der Waals surface area contributed by atoms with Crippen molar-refractivity contribution >= 4 is 8.32 Å². The standard InChI is InChI=1S/C11H23NOSi/c1-11(2,3)14(4,5)13-9-10-7-6-8-12-10/h6-7,10,12H,8-9H2,1-5H3. The van der Waals surface area contributed by atoms with Gasteiger partial charge in [-0.15, -0.1) is 0 Å². The highest BCUT2D eigenvalue weighted by atomic mass is 28.4. The molecule has 0 spiro atoms. The van der Waals surface area contributed by atoms with E-state index in [-0.39, 0.29) is 0 Å². The molecule has 0 radical (unpaired) electrons. The van der Waals surface area contributed by atoms with E-state index in [1.54, 1.807) is 0 Å². The van der Waals surface area contributed by atoms with E-state index < -0.39 is 8.32 Å². The molecule has 0 aromatic carbocycles. The molecule has 0 aromatic rings. The van der Waals surface area contributed by atoms with Crippen molar-refractivity contribution in [2.75, 3.05) is 13.2 Å². The summed E-state index contributed by atoms with van der Waals surface area (Å²) < 4.78 is 6.10. The minimum atomic E-state index is -1.55. The summed E-state index contributed by atoms with van der Waals surface area (Å²) in [6, 6.07) is 0.434. The zero-order valence-corrected chi connectivity index (χ0v) is 11.1. The zero-order chi connectivity index (χ0) is 10.8. The quantitative estimate of drug-likeness (QED) is 0.574. The molecular formula is C11H23NOSi. The number of hydrogen-bond donors (Lipinski definition) is 1. The Morgan fingerprint density at radius 3 is 2.50 bits per heavy atom. The molecule has 1 aliphatic rings. The molecule has 1 aliphatic heterocycles. The second-order valence-corrected chi connectivity index (χ2v) is 10.3. The number of nitrogens with one attached hydrogen (secondary N) is 1. The van der Waals surface area contributed by atoms with Crippen LogP contribution in [0.3, 0.4) is 0 Å². The molecule has 0 saturated heterocycles. The van der Waals surface area contributed by atoms with Gasteiger partial charge in [-0.2, -0.15) is 0 Å².